The van der Waals surface area contributed by atoms with Crippen molar-refractivity contribution in [3.05, 3.63) is 59.9 Å². The third-order valence-electron chi connectivity index (χ3n) is 5.05. The van der Waals surface area contributed by atoms with Crippen LogP contribution in [-0.2, 0) is 22.3 Å². The maximum atomic E-state index is 12.6. The lowest BCUT2D eigenvalue weighted by Gasteiger charge is -2.31. The molecular weight excluding hydrogens is 397 g/mol. The van der Waals surface area contributed by atoms with Gasteiger partial charge in [0, 0.05) is 25.0 Å². The van der Waals surface area contributed by atoms with Crippen molar-refractivity contribution < 1.29 is 22.8 Å². The molecule has 1 saturated heterocycles. The van der Waals surface area contributed by atoms with E-state index in [1.807, 2.05) is 18.2 Å². The Balaban J connectivity index is 1.38. The number of halogens is 3. The van der Waals surface area contributed by atoms with Crippen LogP contribution in [-0.4, -0.2) is 41.3 Å². The van der Waals surface area contributed by atoms with E-state index in [0.29, 0.717) is 6.54 Å². The second kappa shape index (κ2) is 9.71. The number of benzene rings is 1. The lowest BCUT2D eigenvalue weighted by Crippen LogP contribution is -2.41. The Morgan fingerprint density at radius 2 is 1.73 bits per heavy atom. The first kappa shape index (κ1) is 21.8. The number of carbonyl (C=O) groups is 2. The van der Waals surface area contributed by atoms with Crippen LogP contribution in [0.15, 0.2) is 48.7 Å². The van der Waals surface area contributed by atoms with Crippen LogP contribution in [0.3, 0.4) is 0 Å². The van der Waals surface area contributed by atoms with Gasteiger partial charge in [-0.15, -0.1) is 0 Å². The molecule has 0 spiro atoms. The molecule has 0 saturated carbocycles. The maximum Gasteiger partial charge on any atom is 0.416 e. The summed E-state index contributed by atoms with van der Waals surface area (Å²) in [6, 6.07) is 9.77. The Morgan fingerprint density at radius 3 is 2.33 bits per heavy atom. The quantitative estimate of drug-likeness (QED) is 0.730. The molecule has 1 fully saturated rings. The SMILES string of the molecule is O=C(NCC1CCN(Cc2ccccn2)CC1)C(=O)Nc1ccc(C(F)(F)F)cc1. The topological polar surface area (TPSA) is 74.3 Å². The fourth-order valence-corrected chi connectivity index (χ4v) is 3.32. The van der Waals surface area contributed by atoms with Crippen LogP contribution >= 0.6 is 0 Å². The molecule has 1 aromatic carbocycles. The third kappa shape index (κ3) is 6.28. The molecule has 2 heterocycles. The summed E-state index contributed by atoms with van der Waals surface area (Å²) >= 11 is 0. The van der Waals surface area contributed by atoms with E-state index in [1.54, 1.807) is 6.20 Å². The number of alkyl halides is 3. The zero-order chi connectivity index (χ0) is 21.6. The summed E-state index contributed by atoms with van der Waals surface area (Å²) in [6.45, 7) is 2.94. The van der Waals surface area contributed by atoms with Gasteiger partial charge in [-0.2, -0.15) is 13.2 Å². The molecule has 0 radical (unpaired) electrons. The van der Waals surface area contributed by atoms with Gasteiger partial charge in [-0.1, -0.05) is 6.07 Å². The number of rotatable bonds is 5. The van der Waals surface area contributed by atoms with E-state index in [1.165, 1.54) is 0 Å². The van der Waals surface area contributed by atoms with E-state index in [-0.39, 0.29) is 11.6 Å². The lowest BCUT2D eigenvalue weighted by atomic mass is 9.96. The molecule has 0 aliphatic carbocycles. The highest BCUT2D eigenvalue weighted by molar-refractivity contribution is 6.39. The van der Waals surface area contributed by atoms with Gasteiger partial charge in [-0.25, -0.2) is 0 Å². The molecule has 1 aliphatic heterocycles. The van der Waals surface area contributed by atoms with Gasteiger partial charge in [0.25, 0.3) is 0 Å². The van der Waals surface area contributed by atoms with Gasteiger partial charge in [0.15, 0.2) is 0 Å². The van der Waals surface area contributed by atoms with Gasteiger partial charge in [0.1, 0.15) is 0 Å². The fourth-order valence-electron chi connectivity index (χ4n) is 3.32. The molecule has 2 amide bonds. The Hall–Kier alpha value is -2.94. The molecule has 0 bridgehead atoms. The third-order valence-corrected chi connectivity index (χ3v) is 5.05. The summed E-state index contributed by atoms with van der Waals surface area (Å²) in [4.78, 5) is 30.6. The summed E-state index contributed by atoms with van der Waals surface area (Å²) in [5, 5.41) is 4.92. The second-order valence-corrected chi connectivity index (χ2v) is 7.28. The zero-order valence-corrected chi connectivity index (χ0v) is 16.3. The first-order valence-corrected chi connectivity index (χ1v) is 9.70. The number of carbonyl (C=O) groups excluding carboxylic acids is 2. The number of nitrogens with one attached hydrogen (secondary N) is 2. The molecule has 3 rings (SSSR count). The van der Waals surface area contributed by atoms with E-state index >= 15 is 0 Å². The van der Waals surface area contributed by atoms with Crippen LogP contribution in [0, 0.1) is 5.92 Å². The minimum atomic E-state index is -4.45. The number of hydrogen-bond acceptors (Lipinski definition) is 4. The van der Waals surface area contributed by atoms with Crippen LogP contribution in [0.5, 0.6) is 0 Å². The number of pyridine rings is 1. The fraction of sp³-hybridized carbons (Fsp3) is 0.381. The monoisotopic (exact) mass is 420 g/mol. The number of hydrogen-bond donors (Lipinski definition) is 2. The predicted molar refractivity (Wildman–Crippen MR) is 105 cm³/mol. The van der Waals surface area contributed by atoms with E-state index < -0.39 is 23.6 Å². The second-order valence-electron chi connectivity index (χ2n) is 7.28. The van der Waals surface area contributed by atoms with Crippen molar-refractivity contribution in [3.8, 4) is 0 Å². The molecule has 1 aromatic heterocycles. The first-order valence-electron chi connectivity index (χ1n) is 9.70. The average Bonchev–Trinajstić information content (AvgIpc) is 2.73. The van der Waals surface area contributed by atoms with Gasteiger partial charge in [-0.05, 0) is 68.2 Å². The number of anilines is 1. The van der Waals surface area contributed by atoms with Crippen molar-refractivity contribution in [2.75, 3.05) is 25.0 Å². The largest absolute Gasteiger partial charge is 0.416 e. The normalized spacial score (nSPS) is 15.6. The Bertz CT molecular complexity index is 849. The van der Waals surface area contributed by atoms with Gasteiger partial charge >= 0.3 is 18.0 Å². The highest BCUT2D eigenvalue weighted by Crippen LogP contribution is 2.29. The van der Waals surface area contributed by atoms with Gasteiger partial charge in [0.2, 0.25) is 0 Å². The van der Waals surface area contributed by atoms with Crippen molar-refractivity contribution in [3.63, 3.8) is 0 Å². The van der Waals surface area contributed by atoms with Crippen molar-refractivity contribution in [1.29, 1.82) is 0 Å². The Kier molecular flexibility index (Phi) is 7.04. The van der Waals surface area contributed by atoms with Crippen LogP contribution in [0.2, 0.25) is 0 Å². The predicted octanol–water partition coefficient (Wildman–Crippen LogP) is 3.07. The lowest BCUT2D eigenvalue weighted by molar-refractivity contribution is -0.137. The summed E-state index contributed by atoms with van der Waals surface area (Å²) in [5.41, 5.74) is 0.328. The molecule has 0 unspecified atom stereocenters. The van der Waals surface area contributed by atoms with E-state index in [0.717, 1.165) is 62.4 Å². The molecule has 1 aliphatic rings. The van der Waals surface area contributed by atoms with Crippen LogP contribution in [0.1, 0.15) is 24.1 Å². The minimum absolute atomic E-state index is 0.131. The summed E-state index contributed by atoms with van der Waals surface area (Å²) in [7, 11) is 0. The molecule has 2 aromatic rings. The number of amides is 2. The summed E-state index contributed by atoms with van der Waals surface area (Å²) in [6.07, 6.45) is -0.887. The molecular formula is C21H23F3N4O2. The first-order chi connectivity index (χ1) is 14.3. The molecule has 9 heteroatoms. The molecule has 160 valence electrons. The summed E-state index contributed by atoms with van der Waals surface area (Å²) < 4.78 is 37.7. The number of aromatic nitrogens is 1. The standard InChI is InChI=1S/C21H23F3N4O2/c22-21(23,24)16-4-6-17(7-5-16)27-20(30)19(29)26-13-15-8-11-28(12-9-15)14-18-3-1-2-10-25-18/h1-7,10,15H,8-9,11-14H2,(H,26,29)(H,27,30). The smallest absolute Gasteiger partial charge is 0.348 e. The van der Waals surface area contributed by atoms with E-state index in [4.69, 9.17) is 0 Å². The number of likely N-dealkylation sites (tertiary alicyclic amines) is 1. The van der Waals surface area contributed by atoms with Gasteiger partial charge in [-0.3, -0.25) is 19.5 Å². The van der Waals surface area contributed by atoms with E-state index in [2.05, 4.69) is 20.5 Å². The summed E-state index contributed by atoms with van der Waals surface area (Å²) in [5.74, 6) is -1.43. The van der Waals surface area contributed by atoms with Crippen LogP contribution in [0.4, 0.5) is 18.9 Å². The maximum absolute atomic E-state index is 12.6. The molecule has 0 atom stereocenters. The van der Waals surface area contributed by atoms with Crippen molar-refractivity contribution in [2.24, 2.45) is 5.92 Å². The van der Waals surface area contributed by atoms with Crippen LogP contribution < -0.4 is 10.6 Å². The van der Waals surface area contributed by atoms with Gasteiger partial charge < -0.3 is 10.6 Å². The average molecular weight is 420 g/mol. The van der Waals surface area contributed by atoms with Crippen molar-refractivity contribution >= 4 is 17.5 Å². The highest BCUT2D eigenvalue weighted by Gasteiger charge is 2.30. The number of piperidine rings is 1. The van der Waals surface area contributed by atoms with Crippen molar-refractivity contribution in [1.82, 2.24) is 15.2 Å². The molecule has 30 heavy (non-hydrogen) atoms. The Labute approximate surface area is 172 Å². The Morgan fingerprint density at radius 1 is 1.03 bits per heavy atom. The molecule has 6 nitrogen and oxygen atoms in total. The minimum Gasteiger partial charge on any atom is -0.348 e. The van der Waals surface area contributed by atoms with E-state index in [9.17, 15) is 22.8 Å². The highest BCUT2D eigenvalue weighted by atomic mass is 19.4. The van der Waals surface area contributed by atoms with Gasteiger partial charge in [0.05, 0.1) is 11.3 Å². The van der Waals surface area contributed by atoms with Crippen molar-refractivity contribution in [2.45, 2.75) is 25.6 Å². The molecule has 2 N–H and O–H groups in total. The number of nitrogens with zero attached hydrogens (tertiary/aromatic N) is 2. The zero-order valence-electron chi connectivity index (χ0n) is 16.3. The van der Waals surface area contributed by atoms with Crippen LogP contribution in [0.25, 0.3) is 0 Å².